The Bertz CT molecular complexity index is 656. The van der Waals surface area contributed by atoms with Crippen molar-refractivity contribution in [3.05, 3.63) is 35.4 Å². The number of fused-ring (bicyclic) bond motifs is 5. The lowest BCUT2D eigenvalue weighted by Gasteiger charge is -2.38. The Hall–Kier alpha value is -1.77. The fraction of sp³-hybridized carbons (Fsp3) is 0.550. The Labute approximate surface area is 137 Å². The Morgan fingerprint density at radius 2 is 1.91 bits per heavy atom. The number of hydrogen-bond donors (Lipinski definition) is 0. The van der Waals surface area contributed by atoms with Crippen molar-refractivity contribution in [3.63, 3.8) is 0 Å². The van der Waals surface area contributed by atoms with E-state index in [1.807, 2.05) is 24.3 Å². The predicted octanol–water partition coefficient (Wildman–Crippen LogP) is 4.28. The van der Waals surface area contributed by atoms with Crippen molar-refractivity contribution in [1.29, 1.82) is 0 Å². The number of allylic oxidation sites excluding steroid dienone is 1. The van der Waals surface area contributed by atoms with Gasteiger partial charge in [0.2, 0.25) is 0 Å². The average Bonchev–Trinajstić information content (AvgIpc) is 3.15. The first-order chi connectivity index (χ1) is 11.1. The second-order valence-electron chi connectivity index (χ2n) is 7.50. The molecule has 0 aromatic heterocycles. The van der Waals surface area contributed by atoms with Crippen molar-refractivity contribution in [2.75, 3.05) is 7.11 Å². The molecule has 1 heterocycles. The minimum absolute atomic E-state index is 0.0299. The molecule has 122 valence electrons. The molecule has 23 heavy (non-hydrogen) atoms. The van der Waals surface area contributed by atoms with E-state index in [0.29, 0.717) is 23.7 Å². The molecule has 2 aliphatic carbocycles. The lowest BCUT2D eigenvalue weighted by molar-refractivity contribution is -0.147. The molecule has 0 N–H and O–H groups in total. The minimum Gasteiger partial charge on any atom is -0.497 e. The molecule has 1 unspecified atom stereocenters. The van der Waals surface area contributed by atoms with Crippen LogP contribution in [0.1, 0.15) is 38.7 Å². The fourth-order valence-corrected chi connectivity index (χ4v) is 5.00. The molecule has 1 aromatic carbocycles. The van der Waals surface area contributed by atoms with E-state index in [0.717, 1.165) is 17.1 Å². The number of cyclic esters (lactones) is 1. The predicted molar refractivity (Wildman–Crippen MR) is 88.7 cm³/mol. The zero-order chi connectivity index (χ0) is 16.1. The number of hydrogen-bond acceptors (Lipinski definition) is 3. The quantitative estimate of drug-likeness (QED) is 0.781. The summed E-state index contributed by atoms with van der Waals surface area (Å²) in [6.07, 6.45) is 3.75. The van der Waals surface area contributed by atoms with Crippen LogP contribution in [0.2, 0.25) is 0 Å². The second-order valence-corrected chi connectivity index (χ2v) is 7.50. The van der Waals surface area contributed by atoms with Gasteiger partial charge in [-0.3, -0.25) is 4.79 Å². The molecule has 1 aliphatic heterocycles. The van der Waals surface area contributed by atoms with Crippen molar-refractivity contribution in [1.82, 2.24) is 0 Å². The summed E-state index contributed by atoms with van der Waals surface area (Å²) in [5, 5.41) is 0. The average molecular weight is 312 g/mol. The number of methoxy groups -OCH3 is 1. The third-order valence-electron chi connectivity index (χ3n) is 5.97. The molecule has 0 spiro atoms. The van der Waals surface area contributed by atoms with Gasteiger partial charge < -0.3 is 9.47 Å². The third kappa shape index (κ3) is 2.20. The summed E-state index contributed by atoms with van der Waals surface area (Å²) >= 11 is 0. The van der Waals surface area contributed by atoms with E-state index in [1.165, 1.54) is 24.8 Å². The van der Waals surface area contributed by atoms with Crippen molar-refractivity contribution in [3.8, 4) is 5.75 Å². The maximum absolute atomic E-state index is 12.7. The van der Waals surface area contributed by atoms with Gasteiger partial charge in [0.05, 0.1) is 13.0 Å². The van der Waals surface area contributed by atoms with Gasteiger partial charge in [0.1, 0.15) is 11.5 Å². The molecule has 1 aromatic rings. The number of rotatable bonds is 3. The van der Waals surface area contributed by atoms with Gasteiger partial charge in [-0.05, 0) is 66.9 Å². The number of ether oxygens (including phenoxy) is 2. The standard InChI is InChI=1S/C20H24O3/c1-11(2)16-17-13-4-5-14(10-13)18(17)19(23-20(16)21)12-6-8-15(22-3)9-7-12/h6-9,11,13-14,16-17H,4-5,10H2,1-3H3/t13?,14-,16-,17-/m1/s1. The Morgan fingerprint density at radius 1 is 1.17 bits per heavy atom. The van der Waals surface area contributed by atoms with Crippen LogP contribution in [-0.4, -0.2) is 13.1 Å². The van der Waals surface area contributed by atoms with Crippen LogP contribution in [-0.2, 0) is 9.53 Å². The highest BCUT2D eigenvalue weighted by molar-refractivity contribution is 5.85. The van der Waals surface area contributed by atoms with E-state index in [4.69, 9.17) is 9.47 Å². The molecule has 3 nitrogen and oxygen atoms in total. The summed E-state index contributed by atoms with van der Waals surface area (Å²) in [6.45, 7) is 4.29. The number of carbonyl (C=O) groups is 1. The number of esters is 1. The molecular formula is C20H24O3. The van der Waals surface area contributed by atoms with E-state index in [2.05, 4.69) is 13.8 Å². The van der Waals surface area contributed by atoms with E-state index >= 15 is 0 Å². The first kappa shape index (κ1) is 14.8. The van der Waals surface area contributed by atoms with Crippen molar-refractivity contribution in [2.45, 2.75) is 33.1 Å². The van der Waals surface area contributed by atoms with Crippen molar-refractivity contribution >= 4 is 11.7 Å². The molecule has 2 saturated carbocycles. The molecule has 3 aliphatic rings. The monoisotopic (exact) mass is 312 g/mol. The van der Waals surface area contributed by atoms with E-state index in [-0.39, 0.29) is 11.9 Å². The van der Waals surface area contributed by atoms with Gasteiger partial charge in [-0.1, -0.05) is 13.8 Å². The SMILES string of the molecule is COc1ccc(C2=C3[C@@H]4CCC(C4)[C@@H]3[C@@H](C(C)C)C(=O)O2)cc1. The van der Waals surface area contributed by atoms with Gasteiger partial charge >= 0.3 is 5.97 Å². The van der Waals surface area contributed by atoms with Gasteiger partial charge in [0, 0.05) is 11.5 Å². The lowest BCUT2D eigenvalue weighted by Crippen LogP contribution is -2.38. The molecular weight excluding hydrogens is 288 g/mol. The zero-order valence-corrected chi connectivity index (χ0v) is 14.0. The largest absolute Gasteiger partial charge is 0.497 e. The van der Waals surface area contributed by atoms with Crippen molar-refractivity contribution < 1.29 is 14.3 Å². The zero-order valence-electron chi connectivity index (χ0n) is 14.0. The van der Waals surface area contributed by atoms with Crippen LogP contribution in [0.5, 0.6) is 5.75 Å². The Balaban J connectivity index is 1.81. The van der Waals surface area contributed by atoms with Crippen LogP contribution < -0.4 is 4.74 Å². The highest BCUT2D eigenvalue weighted by atomic mass is 16.5. The molecule has 2 bridgehead atoms. The topological polar surface area (TPSA) is 35.5 Å². The molecule has 4 atom stereocenters. The highest BCUT2D eigenvalue weighted by Gasteiger charge is 2.54. The summed E-state index contributed by atoms with van der Waals surface area (Å²) in [7, 11) is 1.66. The number of carbonyl (C=O) groups excluding carboxylic acids is 1. The van der Waals surface area contributed by atoms with Gasteiger partial charge in [-0.25, -0.2) is 0 Å². The number of benzene rings is 1. The molecule has 0 radical (unpaired) electrons. The maximum Gasteiger partial charge on any atom is 0.315 e. The molecule has 0 saturated heterocycles. The summed E-state index contributed by atoms with van der Waals surface area (Å²) in [4.78, 5) is 12.7. The Kier molecular flexibility index (Phi) is 3.47. The lowest BCUT2D eigenvalue weighted by atomic mass is 9.70. The van der Waals surface area contributed by atoms with Gasteiger partial charge in [-0.15, -0.1) is 0 Å². The van der Waals surface area contributed by atoms with Crippen LogP contribution in [0.25, 0.3) is 5.76 Å². The summed E-state index contributed by atoms with van der Waals surface area (Å²) in [6, 6.07) is 7.89. The first-order valence-electron chi connectivity index (χ1n) is 8.70. The van der Waals surface area contributed by atoms with Crippen molar-refractivity contribution in [2.24, 2.45) is 29.6 Å². The van der Waals surface area contributed by atoms with Gasteiger partial charge in [-0.2, -0.15) is 0 Å². The van der Waals surface area contributed by atoms with Crippen LogP contribution in [0.15, 0.2) is 29.8 Å². The van der Waals surface area contributed by atoms with Crippen LogP contribution in [0, 0.1) is 29.6 Å². The molecule has 4 rings (SSSR count). The minimum atomic E-state index is -0.0351. The molecule has 3 heteroatoms. The molecule has 2 fully saturated rings. The summed E-state index contributed by atoms with van der Waals surface area (Å²) < 4.78 is 11.1. The highest BCUT2D eigenvalue weighted by Crippen LogP contribution is 2.59. The second kappa shape index (κ2) is 5.40. The fourth-order valence-electron chi connectivity index (χ4n) is 5.00. The third-order valence-corrected chi connectivity index (χ3v) is 5.97. The van der Waals surface area contributed by atoms with E-state index < -0.39 is 0 Å². The smallest absolute Gasteiger partial charge is 0.315 e. The normalized spacial score (nSPS) is 32.3. The van der Waals surface area contributed by atoms with Crippen LogP contribution >= 0.6 is 0 Å². The molecule has 0 amide bonds. The van der Waals surface area contributed by atoms with E-state index in [1.54, 1.807) is 7.11 Å². The maximum atomic E-state index is 12.7. The van der Waals surface area contributed by atoms with Gasteiger partial charge in [0.25, 0.3) is 0 Å². The van der Waals surface area contributed by atoms with E-state index in [9.17, 15) is 4.79 Å². The van der Waals surface area contributed by atoms with Crippen LogP contribution in [0.4, 0.5) is 0 Å². The van der Waals surface area contributed by atoms with Crippen LogP contribution in [0.3, 0.4) is 0 Å². The van der Waals surface area contributed by atoms with Gasteiger partial charge in [0.15, 0.2) is 0 Å². The summed E-state index contributed by atoms with van der Waals surface area (Å²) in [5.74, 6) is 3.67. The first-order valence-corrected chi connectivity index (χ1v) is 8.70. The summed E-state index contributed by atoms with van der Waals surface area (Å²) in [5.41, 5.74) is 2.43. The Morgan fingerprint density at radius 3 is 2.57 bits per heavy atom.